The zero-order valence-corrected chi connectivity index (χ0v) is 17.5. The molecule has 156 valence electrons. The van der Waals surface area contributed by atoms with Gasteiger partial charge in [0.05, 0.1) is 28.2 Å². The van der Waals surface area contributed by atoms with E-state index >= 15 is 0 Å². The third-order valence-corrected chi connectivity index (χ3v) is 5.56. The number of nitro benzene ring substituents is 1. The molecule has 2 heterocycles. The van der Waals surface area contributed by atoms with Crippen molar-refractivity contribution in [3.8, 4) is 17.1 Å². The van der Waals surface area contributed by atoms with E-state index in [0.717, 1.165) is 16.7 Å². The van der Waals surface area contributed by atoms with Crippen LogP contribution in [-0.4, -0.2) is 23.2 Å². The van der Waals surface area contributed by atoms with Crippen LogP contribution in [0.2, 0.25) is 5.02 Å². The predicted molar refractivity (Wildman–Crippen MR) is 117 cm³/mol. The lowest BCUT2D eigenvalue weighted by atomic mass is 10.1. The van der Waals surface area contributed by atoms with Gasteiger partial charge in [0.25, 0.3) is 16.8 Å². The maximum Gasteiger partial charge on any atom is 0.298 e. The summed E-state index contributed by atoms with van der Waals surface area (Å²) in [5.41, 5.74) is 0.695. The van der Waals surface area contributed by atoms with Gasteiger partial charge in [-0.2, -0.15) is 0 Å². The highest BCUT2D eigenvalue weighted by molar-refractivity contribution is 8.19. The number of hydrogen-bond acceptors (Lipinski definition) is 7. The van der Waals surface area contributed by atoms with Gasteiger partial charge in [0.2, 0.25) is 0 Å². The number of anilines is 1. The molecule has 3 aromatic rings. The molecule has 1 saturated heterocycles. The molecule has 1 aliphatic rings. The van der Waals surface area contributed by atoms with Crippen LogP contribution >= 0.6 is 23.4 Å². The quantitative estimate of drug-likeness (QED) is 0.273. The van der Waals surface area contributed by atoms with Gasteiger partial charge in [-0.15, -0.1) is 0 Å². The number of amides is 2. The standard InChI is InChI=1S/C21H13ClN2O6S/c1-29-17-8-6-14(24(27)28)10-16(17)18-9-7-15(30-18)11-19-20(25)23(21(26)31-19)13-4-2-12(22)3-5-13/h2-11H,1H3/b19-11+. The third-order valence-electron chi connectivity index (χ3n) is 4.44. The maximum atomic E-state index is 12.7. The summed E-state index contributed by atoms with van der Waals surface area (Å²) in [7, 11) is 1.45. The second-order valence-corrected chi connectivity index (χ2v) is 7.77. The maximum absolute atomic E-state index is 12.7. The summed E-state index contributed by atoms with van der Waals surface area (Å²) in [6, 6.07) is 13.7. The highest BCUT2D eigenvalue weighted by Crippen LogP contribution is 2.38. The Morgan fingerprint density at radius 3 is 2.55 bits per heavy atom. The molecule has 2 amide bonds. The molecule has 0 unspecified atom stereocenters. The van der Waals surface area contributed by atoms with Gasteiger partial charge in [0.1, 0.15) is 17.3 Å². The number of furan rings is 1. The van der Waals surface area contributed by atoms with Gasteiger partial charge in [-0.25, -0.2) is 4.90 Å². The molecule has 0 saturated carbocycles. The fourth-order valence-electron chi connectivity index (χ4n) is 2.99. The van der Waals surface area contributed by atoms with E-state index in [0.29, 0.717) is 33.5 Å². The van der Waals surface area contributed by atoms with Gasteiger partial charge in [-0.3, -0.25) is 19.7 Å². The Hall–Kier alpha value is -3.56. The first kappa shape index (κ1) is 20.7. The van der Waals surface area contributed by atoms with Crippen molar-refractivity contribution < 1.29 is 23.7 Å². The van der Waals surface area contributed by atoms with Crippen molar-refractivity contribution in [2.45, 2.75) is 0 Å². The predicted octanol–water partition coefficient (Wildman–Crippen LogP) is 5.76. The van der Waals surface area contributed by atoms with Gasteiger partial charge >= 0.3 is 0 Å². The van der Waals surface area contributed by atoms with Crippen LogP contribution in [0.5, 0.6) is 5.75 Å². The number of ether oxygens (including phenoxy) is 1. The van der Waals surface area contributed by atoms with E-state index in [2.05, 4.69) is 0 Å². The number of rotatable bonds is 5. The zero-order valence-electron chi connectivity index (χ0n) is 15.9. The number of hydrogen-bond donors (Lipinski definition) is 0. The van der Waals surface area contributed by atoms with Crippen molar-refractivity contribution in [1.82, 2.24) is 0 Å². The first-order valence-electron chi connectivity index (χ1n) is 8.83. The number of non-ortho nitro benzene ring substituents is 1. The van der Waals surface area contributed by atoms with E-state index in [9.17, 15) is 19.7 Å². The van der Waals surface area contributed by atoms with Gasteiger partial charge < -0.3 is 9.15 Å². The first-order chi connectivity index (χ1) is 14.9. The van der Waals surface area contributed by atoms with E-state index in [1.165, 1.54) is 31.4 Å². The lowest BCUT2D eigenvalue weighted by molar-refractivity contribution is -0.384. The number of nitro groups is 1. The smallest absolute Gasteiger partial charge is 0.298 e. The molecule has 0 aliphatic carbocycles. The SMILES string of the molecule is COc1ccc([N+](=O)[O-])cc1-c1ccc(/C=C2/SC(=O)N(c3ccc(Cl)cc3)C2=O)o1. The summed E-state index contributed by atoms with van der Waals surface area (Å²) in [4.78, 5) is 36.9. The van der Waals surface area contributed by atoms with Crippen molar-refractivity contribution in [1.29, 1.82) is 0 Å². The molecule has 1 aliphatic heterocycles. The number of thioether (sulfide) groups is 1. The minimum Gasteiger partial charge on any atom is -0.496 e. The van der Waals surface area contributed by atoms with E-state index in [4.69, 9.17) is 20.8 Å². The molecule has 8 nitrogen and oxygen atoms in total. The molecule has 0 spiro atoms. The number of carbonyl (C=O) groups excluding carboxylic acids is 2. The van der Waals surface area contributed by atoms with Crippen molar-refractivity contribution in [3.05, 3.63) is 80.4 Å². The third kappa shape index (κ3) is 4.05. The monoisotopic (exact) mass is 456 g/mol. The van der Waals surface area contributed by atoms with Crippen LogP contribution in [0.15, 0.2) is 63.9 Å². The number of methoxy groups -OCH3 is 1. The molecule has 0 bridgehead atoms. The average Bonchev–Trinajstić information content (AvgIpc) is 3.33. The van der Waals surface area contributed by atoms with Crippen LogP contribution in [0.1, 0.15) is 5.76 Å². The lowest BCUT2D eigenvalue weighted by Crippen LogP contribution is -2.27. The van der Waals surface area contributed by atoms with E-state index in [1.807, 2.05) is 0 Å². The van der Waals surface area contributed by atoms with Crippen molar-refractivity contribution in [2.24, 2.45) is 0 Å². The van der Waals surface area contributed by atoms with Gasteiger partial charge in [-0.05, 0) is 54.2 Å². The number of nitrogens with zero attached hydrogens (tertiary/aromatic N) is 2. The molecule has 0 N–H and O–H groups in total. The zero-order chi connectivity index (χ0) is 22.1. The minimum atomic E-state index is -0.514. The Labute approximate surface area is 185 Å². The van der Waals surface area contributed by atoms with Gasteiger partial charge in [0.15, 0.2) is 0 Å². The van der Waals surface area contributed by atoms with Crippen LogP contribution < -0.4 is 9.64 Å². The second kappa shape index (κ2) is 8.29. The molecule has 1 fully saturated rings. The topological polar surface area (TPSA) is 103 Å². The van der Waals surface area contributed by atoms with Crippen molar-refractivity contribution in [3.63, 3.8) is 0 Å². The van der Waals surface area contributed by atoms with E-state index < -0.39 is 16.1 Å². The normalized spacial score (nSPS) is 15.0. The highest BCUT2D eigenvalue weighted by atomic mass is 35.5. The van der Waals surface area contributed by atoms with E-state index in [1.54, 1.807) is 36.4 Å². The summed E-state index contributed by atoms with van der Waals surface area (Å²) in [6.07, 6.45) is 1.45. The lowest BCUT2D eigenvalue weighted by Gasteiger charge is -2.11. The van der Waals surface area contributed by atoms with E-state index in [-0.39, 0.29) is 10.6 Å². The Morgan fingerprint density at radius 2 is 1.87 bits per heavy atom. The van der Waals surface area contributed by atoms with Crippen LogP contribution in [0, 0.1) is 10.1 Å². The number of benzene rings is 2. The Morgan fingerprint density at radius 1 is 1.13 bits per heavy atom. The molecule has 1 aromatic heterocycles. The molecule has 10 heteroatoms. The molecular formula is C21H13ClN2O6S. The molecule has 2 aromatic carbocycles. The number of carbonyl (C=O) groups is 2. The summed E-state index contributed by atoms with van der Waals surface area (Å²) < 4.78 is 11.0. The van der Waals surface area contributed by atoms with Crippen molar-refractivity contribution >= 4 is 52.0 Å². The van der Waals surface area contributed by atoms with Crippen molar-refractivity contribution in [2.75, 3.05) is 12.0 Å². The molecule has 0 radical (unpaired) electrons. The highest BCUT2D eigenvalue weighted by Gasteiger charge is 2.36. The summed E-state index contributed by atoms with van der Waals surface area (Å²) in [5.74, 6) is 0.548. The fraction of sp³-hybridized carbons (Fsp3) is 0.0476. The first-order valence-corrected chi connectivity index (χ1v) is 10.0. The molecule has 31 heavy (non-hydrogen) atoms. The van der Waals surface area contributed by atoms with Gasteiger partial charge in [0, 0.05) is 23.2 Å². The Kier molecular flexibility index (Phi) is 5.53. The van der Waals surface area contributed by atoms with Gasteiger partial charge in [-0.1, -0.05) is 11.6 Å². The summed E-state index contributed by atoms with van der Waals surface area (Å²) >= 11 is 6.65. The Bertz CT molecular complexity index is 1230. The second-order valence-electron chi connectivity index (χ2n) is 6.34. The minimum absolute atomic E-state index is 0.113. The van der Waals surface area contributed by atoms with Crippen LogP contribution in [0.4, 0.5) is 16.2 Å². The Balaban J connectivity index is 1.64. The van der Waals surface area contributed by atoms with Crippen LogP contribution in [0.25, 0.3) is 17.4 Å². The number of imide groups is 1. The molecular weight excluding hydrogens is 444 g/mol. The largest absolute Gasteiger partial charge is 0.496 e. The number of halogens is 1. The van der Waals surface area contributed by atoms with Crippen LogP contribution in [0.3, 0.4) is 0 Å². The average molecular weight is 457 g/mol. The fourth-order valence-corrected chi connectivity index (χ4v) is 3.93. The van der Waals surface area contributed by atoms with Crippen LogP contribution in [-0.2, 0) is 4.79 Å². The summed E-state index contributed by atoms with van der Waals surface area (Å²) in [5, 5.41) is 11.1. The molecule has 0 atom stereocenters. The molecule has 4 rings (SSSR count). The summed E-state index contributed by atoms with van der Waals surface area (Å²) in [6.45, 7) is 0.